The van der Waals surface area contributed by atoms with Gasteiger partial charge >= 0.3 is 5.97 Å². The van der Waals surface area contributed by atoms with Crippen LogP contribution in [-0.4, -0.2) is 22.8 Å². The summed E-state index contributed by atoms with van der Waals surface area (Å²) in [6.07, 6.45) is 0. The molecule has 23 heavy (non-hydrogen) atoms. The molecule has 1 amide bonds. The number of benzene rings is 2. The van der Waals surface area contributed by atoms with E-state index < -0.39 is 11.8 Å². The highest BCUT2D eigenvalue weighted by molar-refractivity contribution is 6.04. The predicted molar refractivity (Wildman–Crippen MR) is 83.1 cm³/mol. The fourth-order valence-corrected chi connectivity index (χ4v) is 2.26. The van der Waals surface area contributed by atoms with E-state index in [-0.39, 0.29) is 11.5 Å². The van der Waals surface area contributed by atoms with Crippen LogP contribution in [-0.2, 0) is 0 Å². The summed E-state index contributed by atoms with van der Waals surface area (Å²) in [7, 11) is 0. The largest absolute Gasteiger partial charge is 0.478 e. The van der Waals surface area contributed by atoms with Gasteiger partial charge in [0.1, 0.15) is 0 Å². The van der Waals surface area contributed by atoms with Crippen LogP contribution in [0.5, 0.6) is 11.5 Å². The lowest BCUT2D eigenvalue weighted by atomic mass is 10.1. The van der Waals surface area contributed by atoms with E-state index in [0.29, 0.717) is 22.7 Å². The molecule has 0 saturated carbocycles. The Balaban J connectivity index is 1.75. The molecule has 0 saturated heterocycles. The normalized spacial score (nSPS) is 14.3. The maximum Gasteiger partial charge on any atom is 0.335 e. The van der Waals surface area contributed by atoms with E-state index in [1.807, 2.05) is 0 Å². The number of anilines is 1. The second-order valence-corrected chi connectivity index (χ2v) is 5.60. The van der Waals surface area contributed by atoms with Crippen LogP contribution in [0.2, 0.25) is 0 Å². The lowest BCUT2D eigenvalue weighted by Gasteiger charge is -2.16. The van der Waals surface area contributed by atoms with E-state index in [4.69, 9.17) is 14.6 Å². The first kappa shape index (κ1) is 14.9. The number of aromatic carboxylic acids is 1. The summed E-state index contributed by atoms with van der Waals surface area (Å²) in [5.74, 6) is -0.962. The molecule has 6 nitrogen and oxygen atoms in total. The number of carboxylic acid groups (broad SMARTS) is 1. The molecule has 0 spiro atoms. The van der Waals surface area contributed by atoms with Crippen LogP contribution in [0.1, 0.15) is 34.6 Å². The predicted octanol–water partition coefficient (Wildman–Crippen LogP) is 3.14. The van der Waals surface area contributed by atoms with E-state index in [1.165, 1.54) is 24.3 Å². The minimum atomic E-state index is -1.01. The van der Waals surface area contributed by atoms with Crippen molar-refractivity contribution >= 4 is 17.6 Å². The molecule has 0 aliphatic carbocycles. The van der Waals surface area contributed by atoms with Gasteiger partial charge in [0.25, 0.3) is 5.91 Å². The van der Waals surface area contributed by atoms with Gasteiger partial charge in [-0.1, -0.05) is 0 Å². The summed E-state index contributed by atoms with van der Waals surface area (Å²) in [6, 6.07) is 10.9. The fourth-order valence-electron chi connectivity index (χ4n) is 2.26. The van der Waals surface area contributed by atoms with Gasteiger partial charge in [0.05, 0.1) is 5.56 Å². The van der Waals surface area contributed by atoms with Gasteiger partial charge in [0, 0.05) is 25.1 Å². The Morgan fingerprint density at radius 1 is 0.957 bits per heavy atom. The lowest BCUT2D eigenvalue weighted by molar-refractivity contribution is -0.0431. The Labute approximate surface area is 132 Å². The van der Waals surface area contributed by atoms with Gasteiger partial charge in [0.2, 0.25) is 5.79 Å². The third kappa shape index (κ3) is 3.11. The fraction of sp³-hybridized carbons (Fsp3) is 0.176. The first-order valence-electron chi connectivity index (χ1n) is 7.01. The van der Waals surface area contributed by atoms with Gasteiger partial charge in [-0.25, -0.2) is 4.79 Å². The highest BCUT2D eigenvalue weighted by Crippen LogP contribution is 2.39. The zero-order valence-electron chi connectivity index (χ0n) is 12.6. The van der Waals surface area contributed by atoms with Crippen LogP contribution in [0.3, 0.4) is 0 Å². The summed E-state index contributed by atoms with van der Waals surface area (Å²) >= 11 is 0. The van der Waals surface area contributed by atoms with Crippen LogP contribution < -0.4 is 14.8 Å². The Morgan fingerprint density at radius 3 is 2.22 bits per heavy atom. The van der Waals surface area contributed by atoms with Gasteiger partial charge in [-0.05, 0) is 42.5 Å². The minimum Gasteiger partial charge on any atom is -0.478 e. The number of carbonyl (C=O) groups excluding carboxylic acids is 1. The molecule has 0 aromatic heterocycles. The molecule has 3 rings (SSSR count). The van der Waals surface area contributed by atoms with Gasteiger partial charge in [0.15, 0.2) is 11.5 Å². The first-order chi connectivity index (χ1) is 10.8. The van der Waals surface area contributed by atoms with Crippen molar-refractivity contribution in [1.82, 2.24) is 0 Å². The lowest BCUT2D eigenvalue weighted by Crippen LogP contribution is -2.29. The number of hydrogen-bond acceptors (Lipinski definition) is 4. The topological polar surface area (TPSA) is 84.9 Å². The van der Waals surface area contributed by atoms with Crippen molar-refractivity contribution in [3.63, 3.8) is 0 Å². The average molecular weight is 313 g/mol. The SMILES string of the molecule is CC1(C)Oc2ccc(C(=O)Nc3ccc(C(=O)O)cc3)cc2O1. The molecule has 0 fully saturated rings. The molecule has 0 unspecified atom stereocenters. The van der Waals surface area contributed by atoms with Crippen molar-refractivity contribution in [2.75, 3.05) is 5.32 Å². The van der Waals surface area contributed by atoms with E-state index in [1.54, 1.807) is 32.0 Å². The summed E-state index contributed by atoms with van der Waals surface area (Å²) in [6.45, 7) is 3.58. The molecule has 0 bridgehead atoms. The van der Waals surface area contributed by atoms with Gasteiger partial charge in [-0.3, -0.25) is 4.79 Å². The molecule has 0 radical (unpaired) electrons. The van der Waals surface area contributed by atoms with Crippen LogP contribution >= 0.6 is 0 Å². The van der Waals surface area contributed by atoms with E-state index in [9.17, 15) is 9.59 Å². The molecule has 2 aromatic carbocycles. The number of hydrogen-bond donors (Lipinski definition) is 2. The highest BCUT2D eigenvalue weighted by atomic mass is 16.7. The summed E-state index contributed by atoms with van der Waals surface area (Å²) in [5.41, 5.74) is 1.10. The molecule has 1 heterocycles. The van der Waals surface area contributed by atoms with Crippen molar-refractivity contribution in [2.45, 2.75) is 19.6 Å². The monoisotopic (exact) mass is 313 g/mol. The number of nitrogens with one attached hydrogen (secondary N) is 1. The maximum absolute atomic E-state index is 12.3. The van der Waals surface area contributed by atoms with Crippen molar-refractivity contribution < 1.29 is 24.2 Å². The molecule has 1 aliphatic heterocycles. The maximum atomic E-state index is 12.3. The van der Waals surface area contributed by atoms with E-state index >= 15 is 0 Å². The molecule has 2 aromatic rings. The van der Waals surface area contributed by atoms with Gasteiger partial charge in [-0.2, -0.15) is 0 Å². The molecule has 1 aliphatic rings. The number of ether oxygens (including phenoxy) is 2. The molecular weight excluding hydrogens is 298 g/mol. The molecular formula is C17H15NO5. The Kier molecular flexibility index (Phi) is 3.44. The zero-order valence-corrected chi connectivity index (χ0v) is 12.6. The summed E-state index contributed by atoms with van der Waals surface area (Å²) < 4.78 is 11.2. The molecule has 2 N–H and O–H groups in total. The smallest absolute Gasteiger partial charge is 0.335 e. The average Bonchev–Trinajstić information content (AvgIpc) is 2.80. The van der Waals surface area contributed by atoms with E-state index in [0.717, 1.165) is 0 Å². The number of rotatable bonds is 3. The zero-order chi connectivity index (χ0) is 16.6. The third-order valence-electron chi connectivity index (χ3n) is 3.31. The quantitative estimate of drug-likeness (QED) is 0.909. The first-order valence-corrected chi connectivity index (χ1v) is 7.01. The highest BCUT2D eigenvalue weighted by Gasteiger charge is 2.32. The van der Waals surface area contributed by atoms with Crippen molar-refractivity contribution in [3.8, 4) is 11.5 Å². The van der Waals surface area contributed by atoms with Crippen molar-refractivity contribution in [1.29, 1.82) is 0 Å². The Morgan fingerprint density at radius 2 is 1.57 bits per heavy atom. The molecule has 6 heteroatoms. The minimum absolute atomic E-state index is 0.160. The summed E-state index contributed by atoms with van der Waals surface area (Å²) in [5, 5.41) is 11.6. The number of fused-ring (bicyclic) bond motifs is 1. The van der Waals surface area contributed by atoms with E-state index in [2.05, 4.69) is 5.32 Å². The van der Waals surface area contributed by atoms with Gasteiger partial charge < -0.3 is 19.9 Å². The van der Waals surface area contributed by atoms with Crippen LogP contribution in [0.15, 0.2) is 42.5 Å². The second-order valence-electron chi connectivity index (χ2n) is 5.60. The third-order valence-corrected chi connectivity index (χ3v) is 3.31. The second kappa shape index (κ2) is 5.31. The standard InChI is InChI=1S/C17H15NO5/c1-17(2)22-13-8-5-11(9-14(13)23-17)15(19)18-12-6-3-10(4-7-12)16(20)21/h3-9H,1-2H3,(H,18,19)(H,20,21). The number of carboxylic acids is 1. The molecule has 118 valence electrons. The summed E-state index contributed by atoms with van der Waals surface area (Å²) in [4.78, 5) is 23.1. The number of amides is 1. The van der Waals surface area contributed by atoms with Crippen LogP contribution in [0, 0.1) is 0 Å². The Bertz CT molecular complexity index is 780. The van der Waals surface area contributed by atoms with Crippen molar-refractivity contribution in [3.05, 3.63) is 53.6 Å². The number of carbonyl (C=O) groups is 2. The molecule has 0 atom stereocenters. The van der Waals surface area contributed by atoms with Crippen LogP contribution in [0.4, 0.5) is 5.69 Å². The van der Waals surface area contributed by atoms with Crippen molar-refractivity contribution in [2.24, 2.45) is 0 Å². The Hall–Kier alpha value is -3.02. The van der Waals surface area contributed by atoms with Crippen LogP contribution in [0.25, 0.3) is 0 Å². The van der Waals surface area contributed by atoms with Gasteiger partial charge in [-0.15, -0.1) is 0 Å².